The van der Waals surface area contributed by atoms with Gasteiger partial charge in [0, 0.05) is 9.67 Å². The molecule has 1 aromatic carbocycles. The maximum Gasteiger partial charge on any atom is 0.453 e. The quantitative estimate of drug-likeness (QED) is 0.605. The Hall–Kier alpha value is -0.135. The van der Waals surface area contributed by atoms with E-state index in [4.69, 9.17) is 9.31 Å². The molecule has 0 saturated heterocycles. The van der Waals surface area contributed by atoms with Crippen LogP contribution in [0.3, 0.4) is 0 Å². The van der Waals surface area contributed by atoms with Crippen molar-refractivity contribution in [1.82, 2.24) is 0 Å². The van der Waals surface area contributed by atoms with Crippen molar-refractivity contribution in [3.8, 4) is 0 Å². The summed E-state index contributed by atoms with van der Waals surface area (Å²) >= 11 is 2.16. The summed E-state index contributed by atoms with van der Waals surface area (Å²) in [6.07, 6.45) is 0.126. The molecule has 0 amide bonds. The minimum atomic E-state index is -0.279. The van der Waals surface area contributed by atoms with Gasteiger partial charge in [0.1, 0.15) is 5.82 Å². The van der Waals surface area contributed by atoms with Crippen LogP contribution in [0.5, 0.6) is 0 Å². The number of hydrogen-bond acceptors (Lipinski definition) is 2. The molecule has 5 heteroatoms. The van der Waals surface area contributed by atoms with Crippen molar-refractivity contribution in [2.75, 3.05) is 0 Å². The lowest BCUT2D eigenvalue weighted by Gasteiger charge is -2.14. The molecule has 0 aliphatic heterocycles. The second-order valence-electron chi connectivity index (χ2n) is 3.80. The van der Waals surface area contributed by atoms with Crippen molar-refractivity contribution in [3.63, 3.8) is 0 Å². The third-order valence-corrected chi connectivity index (χ3v) is 3.00. The van der Waals surface area contributed by atoms with Crippen LogP contribution in [0.2, 0.25) is 6.82 Å². The molecule has 0 saturated carbocycles. The topological polar surface area (TPSA) is 18.5 Å². The Morgan fingerprint density at radius 1 is 1.44 bits per heavy atom. The summed E-state index contributed by atoms with van der Waals surface area (Å²) < 4.78 is 24.9. The fourth-order valence-electron chi connectivity index (χ4n) is 1.28. The first-order chi connectivity index (χ1) is 7.49. The van der Waals surface area contributed by atoms with Crippen LogP contribution in [0, 0.1) is 9.39 Å². The molecule has 1 rings (SSSR count). The fraction of sp³-hybridized carbons (Fsp3) is 0.455. The first-order valence-electron chi connectivity index (χ1n) is 5.20. The second-order valence-corrected chi connectivity index (χ2v) is 4.96. The van der Waals surface area contributed by atoms with Crippen LogP contribution in [0.1, 0.15) is 19.4 Å². The first-order valence-corrected chi connectivity index (χ1v) is 6.28. The molecule has 88 valence electrons. The van der Waals surface area contributed by atoms with E-state index >= 15 is 0 Å². The van der Waals surface area contributed by atoms with Crippen LogP contribution < -0.4 is 0 Å². The molecule has 0 spiro atoms. The predicted molar refractivity (Wildman–Crippen MR) is 71.7 cm³/mol. The van der Waals surface area contributed by atoms with Crippen LogP contribution in [0.15, 0.2) is 18.2 Å². The summed E-state index contributed by atoms with van der Waals surface area (Å²) in [5.41, 5.74) is 0.847. The van der Waals surface area contributed by atoms with Crippen LogP contribution in [0.25, 0.3) is 0 Å². The molecule has 0 N–H and O–H groups in total. The summed E-state index contributed by atoms with van der Waals surface area (Å²) in [5.74, 6) is -0.239. The van der Waals surface area contributed by atoms with Crippen molar-refractivity contribution in [1.29, 1.82) is 0 Å². The van der Waals surface area contributed by atoms with Crippen LogP contribution in [-0.2, 0) is 15.9 Å². The maximum atomic E-state index is 13.0. The van der Waals surface area contributed by atoms with E-state index < -0.39 is 0 Å². The molecule has 0 unspecified atom stereocenters. The fourth-order valence-corrected chi connectivity index (χ4v) is 1.77. The predicted octanol–water partition coefficient (Wildman–Crippen LogP) is 3.49. The molecule has 0 heterocycles. The highest BCUT2D eigenvalue weighted by molar-refractivity contribution is 14.1. The van der Waals surface area contributed by atoms with Crippen molar-refractivity contribution in [3.05, 3.63) is 33.1 Å². The average molecular weight is 336 g/mol. The molecular weight excluding hydrogens is 321 g/mol. The summed E-state index contributed by atoms with van der Waals surface area (Å²) in [6.45, 7) is 6.10. The number of benzene rings is 1. The molecule has 0 bridgehead atoms. The summed E-state index contributed by atoms with van der Waals surface area (Å²) in [5, 5.41) is 0. The Bertz CT molecular complexity index is 347. The third kappa shape index (κ3) is 4.80. The van der Waals surface area contributed by atoms with Gasteiger partial charge in [-0.15, -0.1) is 0 Å². The molecule has 0 fully saturated rings. The molecule has 1 aromatic rings. The molecule has 0 aliphatic carbocycles. The molecule has 0 aromatic heterocycles. The van der Waals surface area contributed by atoms with E-state index in [1.54, 1.807) is 6.07 Å². The van der Waals surface area contributed by atoms with Crippen molar-refractivity contribution in [2.45, 2.75) is 33.4 Å². The van der Waals surface area contributed by atoms with Gasteiger partial charge in [-0.05, 0) is 67.0 Å². The lowest BCUT2D eigenvalue weighted by atomic mass is 9.94. The minimum Gasteiger partial charge on any atom is -0.409 e. The molecule has 16 heavy (non-hydrogen) atoms. The van der Waals surface area contributed by atoms with Gasteiger partial charge in [0.05, 0.1) is 6.61 Å². The third-order valence-electron chi connectivity index (χ3n) is 1.95. The average Bonchev–Trinajstić information content (AvgIpc) is 2.18. The van der Waals surface area contributed by atoms with Gasteiger partial charge >= 0.3 is 7.12 Å². The molecule has 0 aliphatic rings. The Morgan fingerprint density at radius 3 is 2.75 bits per heavy atom. The molecular formula is C11H15BFIO2. The van der Waals surface area contributed by atoms with Gasteiger partial charge in [-0.1, -0.05) is 0 Å². The standard InChI is InChI=1S/C11H15BFIO2/c1-8(2)16-12(3)15-7-9-6-10(13)4-5-11(9)14/h4-6,8H,7H2,1-3H3. The lowest BCUT2D eigenvalue weighted by molar-refractivity contribution is 0.156. The maximum absolute atomic E-state index is 13.0. The van der Waals surface area contributed by atoms with E-state index in [0.717, 1.165) is 9.13 Å². The minimum absolute atomic E-state index is 0.126. The van der Waals surface area contributed by atoms with E-state index in [9.17, 15) is 4.39 Å². The van der Waals surface area contributed by atoms with Crippen LogP contribution in [0.4, 0.5) is 4.39 Å². The first kappa shape index (κ1) is 13.9. The molecule has 0 radical (unpaired) electrons. The Morgan fingerprint density at radius 2 is 2.12 bits per heavy atom. The van der Waals surface area contributed by atoms with Gasteiger partial charge in [-0.3, -0.25) is 0 Å². The van der Waals surface area contributed by atoms with Gasteiger partial charge in [0.2, 0.25) is 0 Å². The Balaban J connectivity index is 2.51. The second kappa shape index (κ2) is 6.56. The van der Waals surface area contributed by atoms with E-state index in [1.807, 2.05) is 20.7 Å². The normalized spacial score (nSPS) is 10.9. The zero-order chi connectivity index (χ0) is 12.1. The van der Waals surface area contributed by atoms with E-state index in [0.29, 0.717) is 6.61 Å². The summed E-state index contributed by atoms with van der Waals surface area (Å²) in [7, 11) is -0.279. The van der Waals surface area contributed by atoms with Crippen LogP contribution in [-0.4, -0.2) is 13.2 Å². The van der Waals surface area contributed by atoms with Gasteiger partial charge in [-0.2, -0.15) is 0 Å². The lowest BCUT2D eigenvalue weighted by Crippen LogP contribution is -2.22. The molecule has 2 nitrogen and oxygen atoms in total. The Labute approximate surface area is 110 Å². The van der Waals surface area contributed by atoms with Crippen LogP contribution >= 0.6 is 22.6 Å². The van der Waals surface area contributed by atoms with Crippen molar-refractivity contribution in [2.24, 2.45) is 0 Å². The zero-order valence-electron chi connectivity index (χ0n) is 9.67. The number of hydrogen-bond donors (Lipinski definition) is 0. The largest absolute Gasteiger partial charge is 0.453 e. The monoisotopic (exact) mass is 336 g/mol. The number of rotatable bonds is 5. The van der Waals surface area contributed by atoms with Crippen molar-refractivity contribution >= 4 is 29.7 Å². The van der Waals surface area contributed by atoms with Gasteiger partial charge in [0.25, 0.3) is 0 Å². The van der Waals surface area contributed by atoms with Gasteiger partial charge in [-0.25, -0.2) is 4.39 Å². The summed E-state index contributed by atoms with van der Waals surface area (Å²) in [6, 6.07) is 4.67. The highest BCUT2D eigenvalue weighted by atomic mass is 127. The smallest absolute Gasteiger partial charge is 0.409 e. The van der Waals surface area contributed by atoms with E-state index in [1.165, 1.54) is 12.1 Å². The highest BCUT2D eigenvalue weighted by Crippen LogP contribution is 2.15. The zero-order valence-corrected chi connectivity index (χ0v) is 11.8. The Kier molecular flexibility index (Phi) is 5.71. The summed E-state index contributed by atoms with van der Waals surface area (Å²) in [4.78, 5) is 0. The van der Waals surface area contributed by atoms with Gasteiger partial charge < -0.3 is 9.31 Å². The highest BCUT2D eigenvalue weighted by Gasteiger charge is 2.13. The number of halogens is 2. The van der Waals surface area contributed by atoms with E-state index in [-0.39, 0.29) is 19.0 Å². The van der Waals surface area contributed by atoms with E-state index in [2.05, 4.69) is 22.6 Å². The van der Waals surface area contributed by atoms with Crippen molar-refractivity contribution < 1.29 is 13.7 Å². The van der Waals surface area contributed by atoms with Gasteiger partial charge in [0.15, 0.2) is 0 Å². The SMILES string of the molecule is CB(OCc1cc(F)ccc1I)OC(C)C. The molecule has 0 atom stereocenters.